The van der Waals surface area contributed by atoms with E-state index < -0.39 is 29.3 Å². The minimum absolute atomic E-state index is 0.0938. The summed E-state index contributed by atoms with van der Waals surface area (Å²) in [6, 6.07) is 1.97. The molecule has 220 valence electrons. The van der Waals surface area contributed by atoms with E-state index in [0.29, 0.717) is 29.9 Å². The molecule has 0 spiro atoms. The summed E-state index contributed by atoms with van der Waals surface area (Å²) in [6.07, 6.45) is 4.14. The van der Waals surface area contributed by atoms with Gasteiger partial charge in [-0.15, -0.1) is 0 Å². The van der Waals surface area contributed by atoms with Crippen LogP contribution in [0.3, 0.4) is 0 Å². The highest BCUT2D eigenvalue weighted by molar-refractivity contribution is 6.29. The molecule has 0 radical (unpaired) electrons. The number of carbonyl (C=O) groups excluding carboxylic acids is 3. The van der Waals surface area contributed by atoms with Gasteiger partial charge in [-0.25, -0.2) is 14.2 Å². The maximum absolute atomic E-state index is 14.5. The Morgan fingerprint density at radius 1 is 1.27 bits per heavy atom. The number of ether oxygens (including phenoxy) is 1. The lowest BCUT2D eigenvalue weighted by Gasteiger charge is -2.17. The maximum Gasteiger partial charge on any atom is 0.407 e. The van der Waals surface area contributed by atoms with Crippen LogP contribution in [-0.2, 0) is 33.7 Å². The van der Waals surface area contributed by atoms with Crippen LogP contribution < -0.4 is 10.9 Å². The van der Waals surface area contributed by atoms with Crippen molar-refractivity contribution in [1.29, 1.82) is 0 Å². The van der Waals surface area contributed by atoms with Crippen molar-refractivity contribution in [2.24, 2.45) is 5.92 Å². The highest BCUT2D eigenvalue weighted by Gasteiger charge is 2.23. The molecule has 3 rings (SSSR count). The van der Waals surface area contributed by atoms with Crippen LogP contribution in [0.15, 0.2) is 35.3 Å². The predicted molar refractivity (Wildman–Crippen MR) is 152 cm³/mol. The zero-order valence-corrected chi connectivity index (χ0v) is 24.4. The van der Waals surface area contributed by atoms with E-state index in [1.54, 1.807) is 20.2 Å². The van der Waals surface area contributed by atoms with Gasteiger partial charge in [0.2, 0.25) is 5.91 Å². The number of aromatic amines is 1. The zero-order valence-electron chi connectivity index (χ0n) is 23.7. The Hall–Kier alpha value is -4.06. The Kier molecular flexibility index (Phi) is 10.8. The fourth-order valence-electron chi connectivity index (χ4n) is 4.14. The number of amides is 2. The second-order valence-corrected chi connectivity index (χ2v) is 10.6. The summed E-state index contributed by atoms with van der Waals surface area (Å²) in [5.74, 6) is -0.645. The topological polar surface area (TPSA) is 139 Å². The van der Waals surface area contributed by atoms with Gasteiger partial charge in [0.25, 0.3) is 5.56 Å². The predicted octanol–water partition coefficient (Wildman–Crippen LogP) is 3.42. The monoisotopic (exact) mass is 588 g/mol. The van der Waals surface area contributed by atoms with Crippen LogP contribution >= 0.6 is 11.6 Å². The smallest absolute Gasteiger partial charge is 0.407 e. The van der Waals surface area contributed by atoms with Gasteiger partial charge in [-0.05, 0) is 37.3 Å². The Morgan fingerprint density at radius 3 is 2.66 bits per heavy atom. The summed E-state index contributed by atoms with van der Waals surface area (Å²) < 4.78 is 20.3. The second kappa shape index (κ2) is 14.0. The number of carbonyl (C=O) groups is 3. The third-order valence-electron chi connectivity index (χ3n) is 6.26. The fourth-order valence-corrected chi connectivity index (χ4v) is 4.33. The van der Waals surface area contributed by atoms with E-state index in [-0.39, 0.29) is 47.4 Å². The van der Waals surface area contributed by atoms with Gasteiger partial charge in [-0.1, -0.05) is 37.6 Å². The Morgan fingerprint density at radius 2 is 2.00 bits per heavy atom. The molecule has 0 aromatic carbocycles. The molecule has 2 N–H and O–H groups in total. The first-order valence-electron chi connectivity index (χ1n) is 13.1. The molecule has 0 fully saturated rings. The molecule has 0 aliphatic rings. The summed E-state index contributed by atoms with van der Waals surface area (Å²) in [6.45, 7) is 3.95. The van der Waals surface area contributed by atoms with Gasteiger partial charge in [0.15, 0.2) is 11.6 Å². The second-order valence-electron chi connectivity index (χ2n) is 10.2. The van der Waals surface area contributed by atoms with Crippen molar-refractivity contribution < 1.29 is 23.5 Å². The minimum atomic E-state index is -0.963. The van der Waals surface area contributed by atoms with E-state index in [9.17, 15) is 23.6 Å². The standard InChI is InChI=1S/C28H34ClFN6O5/c1-16(2)12-20-26-25(18(30)14-31-20)33-23(34-26)15-36-22(29)11-10-17(27(36)39)13-21(37)19(32-28(40)41-5)8-6-7-9-24(38)35(3)4/h7,9-11,14,16,19H,6,8,12-13,15H2,1-5H3,(H,32,40)(H,33,34)/b9-7+/t19-/m0/s1. The number of Topliss-reactive ketones (excluding diaryl/α,β-unsaturated/α-hetero) is 1. The SMILES string of the molecule is COC(=O)N[C@@H](CC/C=C/C(=O)N(C)C)C(=O)Cc1ccc(Cl)n(Cc2nc3c(F)cnc(CC(C)C)c3[nH]2)c1=O. The number of hydrogen-bond acceptors (Lipinski definition) is 7. The molecule has 13 heteroatoms. The molecule has 0 aliphatic heterocycles. The van der Waals surface area contributed by atoms with E-state index in [0.717, 1.165) is 6.20 Å². The number of methoxy groups -OCH3 is 1. The summed E-state index contributed by atoms with van der Waals surface area (Å²) in [7, 11) is 4.41. The number of likely N-dealkylation sites (N-methyl/N-ethyl adjacent to an activating group) is 1. The number of pyridine rings is 2. The van der Waals surface area contributed by atoms with Crippen LogP contribution in [0.5, 0.6) is 0 Å². The number of halogens is 2. The lowest BCUT2D eigenvalue weighted by Crippen LogP contribution is -2.42. The highest BCUT2D eigenvalue weighted by Crippen LogP contribution is 2.21. The minimum Gasteiger partial charge on any atom is -0.453 e. The summed E-state index contributed by atoms with van der Waals surface area (Å²) in [5, 5.41) is 2.59. The van der Waals surface area contributed by atoms with Crippen molar-refractivity contribution in [1.82, 2.24) is 29.7 Å². The number of allylic oxidation sites excluding steroid dienone is 1. The number of alkyl carbamates (subject to hydrolysis) is 1. The van der Waals surface area contributed by atoms with Crippen molar-refractivity contribution in [2.75, 3.05) is 21.2 Å². The fraction of sp³-hybridized carbons (Fsp3) is 0.429. The van der Waals surface area contributed by atoms with Gasteiger partial charge in [0, 0.05) is 26.1 Å². The van der Waals surface area contributed by atoms with Crippen molar-refractivity contribution in [3.8, 4) is 0 Å². The third kappa shape index (κ3) is 8.23. The van der Waals surface area contributed by atoms with Gasteiger partial charge in [0.1, 0.15) is 16.5 Å². The molecule has 0 saturated carbocycles. The number of aromatic nitrogens is 4. The molecule has 0 unspecified atom stereocenters. The third-order valence-corrected chi connectivity index (χ3v) is 6.59. The molecule has 3 aromatic rings. The highest BCUT2D eigenvalue weighted by atomic mass is 35.5. The molecule has 0 bridgehead atoms. The van der Waals surface area contributed by atoms with E-state index in [1.165, 1.54) is 34.8 Å². The quantitative estimate of drug-likeness (QED) is 0.244. The first-order valence-corrected chi connectivity index (χ1v) is 13.4. The molecular weight excluding hydrogens is 555 g/mol. The summed E-state index contributed by atoms with van der Waals surface area (Å²) in [5.41, 5.74) is 0.874. The molecule has 3 heterocycles. The van der Waals surface area contributed by atoms with Gasteiger partial charge in [-0.2, -0.15) is 0 Å². The first kappa shape index (κ1) is 31.5. The number of rotatable bonds is 12. The molecule has 1 atom stereocenters. The number of ketones is 1. The van der Waals surface area contributed by atoms with Crippen LogP contribution in [0.1, 0.15) is 43.8 Å². The van der Waals surface area contributed by atoms with Gasteiger partial charge < -0.3 is 19.9 Å². The van der Waals surface area contributed by atoms with Crippen molar-refractivity contribution >= 4 is 40.4 Å². The summed E-state index contributed by atoms with van der Waals surface area (Å²) >= 11 is 6.34. The lowest BCUT2D eigenvalue weighted by molar-refractivity contribution is -0.123. The molecule has 11 nitrogen and oxygen atoms in total. The Bertz CT molecular complexity index is 1510. The van der Waals surface area contributed by atoms with E-state index in [2.05, 4.69) is 25.0 Å². The molecule has 3 aromatic heterocycles. The number of hydrogen-bond donors (Lipinski definition) is 2. The average molecular weight is 589 g/mol. The van der Waals surface area contributed by atoms with Crippen LogP contribution in [0.25, 0.3) is 11.0 Å². The van der Waals surface area contributed by atoms with Crippen molar-refractivity contribution in [3.63, 3.8) is 0 Å². The van der Waals surface area contributed by atoms with Gasteiger partial charge >= 0.3 is 6.09 Å². The Balaban J connectivity index is 1.83. The molecule has 41 heavy (non-hydrogen) atoms. The number of H-pyrrole nitrogens is 1. The summed E-state index contributed by atoms with van der Waals surface area (Å²) in [4.78, 5) is 63.1. The van der Waals surface area contributed by atoms with Gasteiger partial charge in [0.05, 0.1) is 37.1 Å². The molecular formula is C28H34ClFN6O5. The van der Waals surface area contributed by atoms with E-state index in [4.69, 9.17) is 11.6 Å². The van der Waals surface area contributed by atoms with E-state index >= 15 is 0 Å². The molecule has 0 saturated heterocycles. The maximum atomic E-state index is 14.5. The zero-order chi connectivity index (χ0) is 30.3. The van der Waals surface area contributed by atoms with Crippen LogP contribution in [0, 0.1) is 11.7 Å². The van der Waals surface area contributed by atoms with Gasteiger partial charge in [-0.3, -0.25) is 23.9 Å². The lowest BCUT2D eigenvalue weighted by atomic mass is 10.0. The molecule has 2 amide bonds. The normalized spacial score (nSPS) is 12.2. The van der Waals surface area contributed by atoms with Crippen LogP contribution in [-0.4, -0.2) is 69.4 Å². The number of fused-ring (bicyclic) bond motifs is 1. The van der Waals surface area contributed by atoms with Crippen molar-refractivity contribution in [2.45, 2.75) is 52.1 Å². The Labute approximate surface area is 241 Å². The number of imidazole rings is 1. The largest absolute Gasteiger partial charge is 0.453 e. The number of nitrogens with zero attached hydrogens (tertiary/aromatic N) is 4. The van der Waals surface area contributed by atoms with Crippen molar-refractivity contribution in [3.05, 3.63) is 68.9 Å². The first-order chi connectivity index (χ1) is 19.4. The number of nitrogens with one attached hydrogen (secondary N) is 2. The molecule has 0 aliphatic carbocycles. The van der Waals surface area contributed by atoms with Crippen LogP contribution in [0.4, 0.5) is 9.18 Å². The van der Waals surface area contributed by atoms with Crippen LogP contribution in [0.2, 0.25) is 5.15 Å². The average Bonchev–Trinajstić information content (AvgIpc) is 3.36. The van der Waals surface area contributed by atoms with E-state index in [1.807, 2.05) is 13.8 Å².